The summed E-state index contributed by atoms with van der Waals surface area (Å²) in [5, 5.41) is 19.7. The van der Waals surface area contributed by atoms with E-state index in [1.54, 1.807) is 14.7 Å². The summed E-state index contributed by atoms with van der Waals surface area (Å²) in [6, 6.07) is 9.93. The molecule has 0 spiro atoms. The van der Waals surface area contributed by atoms with Crippen molar-refractivity contribution in [2.24, 2.45) is 0 Å². The van der Waals surface area contributed by atoms with Crippen LogP contribution in [0.4, 0.5) is 0 Å². The first-order valence-corrected chi connectivity index (χ1v) is 15.8. The lowest BCUT2D eigenvalue weighted by atomic mass is 10.1. The maximum Gasteiger partial charge on any atom is 0.339 e. The van der Waals surface area contributed by atoms with Crippen molar-refractivity contribution in [1.29, 1.82) is 0 Å². The normalized spacial score (nSPS) is 18.2. The van der Waals surface area contributed by atoms with E-state index in [-0.39, 0.29) is 26.2 Å². The van der Waals surface area contributed by atoms with E-state index in [0.717, 1.165) is 28.4 Å². The standard InChI is InChI=1S/C23H37N5O8P2/c1-19-2-5-22-20(14-19)3-4-21(24-22)15-25-6-10-27(17-37(31,32)33)12-8-26(16-23(29)30)9-13-28(11-7-25)18-38(34,35)36/h2-5,14,16,29-30H,6-13,15,17-18H2,1H3,(H2,31,32,33)(H2,34,35,36). The second-order valence-electron chi connectivity index (χ2n) is 9.65. The minimum Gasteiger partial charge on any atom is -0.480 e. The van der Waals surface area contributed by atoms with Crippen LogP contribution >= 0.6 is 15.2 Å². The summed E-state index contributed by atoms with van der Waals surface area (Å²) in [7, 11) is -8.69. The van der Waals surface area contributed by atoms with Crippen molar-refractivity contribution in [2.75, 3.05) is 64.9 Å². The minimum absolute atomic E-state index is 0.222. The Bertz CT molecular complexity index is 1160. The lowest BCUT2D eigenvalue weighted by Crippen LogP contribution is -2.45. The van der Waals surface area contributed by atoms with Gasteiger partial charge in [0.15, 0.2) is 0 Å². The third-order valence-electron chi connectivity index (χ3n) is 6.23. The fraction of sp³-hybridized carbons (Fsp3) is 0.522. The topological polar surface area (TPSA) is 181 Å². The van der Waals surface area contributed by atoms with E-state index in [4.69, 9.17) is 4.98 Å². The lowest BCUT2D eigenvalue weighted by Gasteiger charge is -2.34. The molecule has 1 aliphatic heterocycles. The van der Waals surface area contributed by atoms with E-state index in [2.05, 4.69) is 11.0 Å². The molecule has 38 heavy (non-hydrogen) atoms. The summed E-state index contributed by atoms with van der Waals surface area (Å²) in [5.41, 5.74) is 2.80. The Kier molecular flexibility index (Phi) is 10.7. The number of nitrogens with zero attached hydrogens (tertiary/aromatic N) is 5. The lowest BCUT2D eigenvalue weighted by molar-refractivity contribution is 0.141. The first-order valence-electron chi connectivity index (χ1n) is 12.2. The summed E-state index contributed by atoms with van der Waals surface area (Å²) in [4.78, 5) is 50.0. The van der Waals surface area contributed by atoms with Gasteiger partial charge in [-0.1, -0.05) is 17.7 Å². The molecule has 0 bridgehead atoms. The van der Waals surface area contributed by atoms with Crippen molar-refractivity contribution >= 4 is 26.1 Å². The second kappa shape index (κ2) is 13.3. The minimum atomic E-state index is -4.34. The van der Waals surface area contributed by atoms with Gasteiger partial charge in [-0.15, -0.1) is 0 Å². The van der Waals surface area contributed by atoms with Gasteiger partial charge < -0.3 is 34.7 Å². The van der Waals surface area contributed by atoms with Gasteiger partial charge in [0.2, 0.25) is 0 Å². The van der Waals surface area contributed by atoms with Gasteiger partial charge in [-0.3, -0.25) is 28.8 Å². The summed E-state index contributed by atoms with van der Waals surface area (Å²) in [6.45, 7) is 4.86. The van der Waals surface area contributed by atoms with Crippen molar-refractivity contribution in [3.63, 3.8) is 0 Å². The van der Waals surface area contributed by atoms with Crippen molar-refractivity contribution in [2.45, 2.75) is 13.5 Å². The molecule has 13 nitrogen and oxygen atoms in total. The predicted molar refractivity (Wildman–Crippen MR) is 144 cm³/mol. The molecule has 1 aromatic heterocycles. The maximum atomic E-state index is 11.8. The zero-order valence-corrected chi connectivity index (χ0v) is 23.2. The molecule has 2 aromatic rings. The van der Waals surface area contributed by atoms with Gasteiger partial charge >= 0.3 is 15.2 Å². The van der Waals surface area contributed by atoms with Crippen molar-refractivity contribution in [3.8, 4) is 0 Å². The Morgan fingerprint density at radius 3 is 1.87 bits per heavy atom. The van der Waals surface area contributed by atoms with Gasteiger partial charge in [-0.05, 0) is 25.1 Å². The highest BCUT2D eigenvalue weighted by Gasteiger charge is 2.24. The molecule has 0 amide bonds. The number of aryl methyl sites for hydroxylation is 1. The Morgan fingerprint density at radius 2 is 1.34 bits per heavy atom. The van der Waals surface area contributed by atoms with Crippen LogP contribution in [0.2, 0.25) is 0 Å². The molecule has 15 heteroatoms. The van der Waals surface area contributed by atoms with Gasteiger partial charge in [0.05, 0.1) is 17.4 Å². The number of hydrogen-bond acceptors (Lipinski definition) is 9. The van der Waals surface area contributed by atoms with Crippen molar-refractivity contribution < 1.29 is 38.9 Å². The first-order chi connectivity index (χ1) is 17.8. The van der Waals surface area contributed by atoms with Crippen LogP contribution in [0.5, 0.6) is 0 Å². The van der Waals surface area contributed by atoms with Gasteiger partial charge in [-0.25, -0.2) is 0 Å². The zero-order chi connectivity index (χ0) is 27.9. The predicted octanol–water partition coefficient (Wildman–Crippen LogP) is 1.45. The quantitative estimate of drug-likeness (QED) is 0.207. The molecule has 1 saturated heterocycles. The molecule has 1 aromatic carbocycles. The number of pyridine rings is 1. The van der Waals surface area contributed by atoms with E-state index >= 15 is 0 Å². The molecule has 212 valence electrons. The van der Waals surface area contributed by atoms with Crippen LogP contribution in [0.1, 0.15) is 11.3 Å². The maximum absolute atomic E-state index is 11.8. The van der Waals surface area contributed by atoms with Crippen LogP contribution in [-0.4, -0.2) is 119 Å². The number of hydrogen-bond donors (Lipinski definition) is 6. The highest BCUT2D eigenvalue weighted by Crippen LogP contribution is 2.36. The number of rotatable bonds is 7. The van der Waals surface area contributed by atoms with Crippen molar-refractivity contribution in [1.82, 2.24) is 24.6 Å². The number of aliphatic hydroxyl groups excluding tert-OH is 1. The SMILES string of the molecule is Cc1ccc2nc(CN3CCN(CP(=O)(O)O)CCN(C=C(O)O)CCN(CP(=O)(O)O)CC3)ccc2c1. The molecule has 0 radical (unpaired) electrons. The smallest absolute Gasteiger partial charge is 0.339 e. The molecule has 0 unspecified atom stereocenters. The summed E-state index contributed by atoms with van der Waals surface area (Å²) in [5.74, 6) is -0.926. The van der Waals surface area contributed by atoms with Crippen LogP contribution in [0.15, 0.2) is 42.5 Å². The van der Waals surface area contributed by atoms with Gasteiger partial charge in [-0.2, -0.15) is 0 Å². The Morgan fingerprint density at radius 1 is 0.816 bits per heavy atom. The molecule has 6 N–H and O–H groups in total. The first kappa shape index (κ1) is 30.5. The van der Waals surface area contributed by atoms with E-state index < -0.39 is 33.7 Å². The molecule has 0 atom stereocenters. The highest BCUT2D eigenvalue weighted by molar-refractivity contribution is 7.51. The van der Waals surface area contributed by atoms with E-state index in [9.17, 15) is 38.9 Å². The van der Waals surface area contributed by atoms with Gasteiger partial charge in [0.25, 0.3) is 5.95 Å². The molecule has 1 fully saturated rings. The largest absolute Gasteiger partial charge is 0.480 e. The molecule has 3 rings (SSSR count). The average Bonchev–Trinajstić information content (AvgIpc) is 2.78. The highest BCUT2D eigenvalue weighted by atomic mass is 31.2. The summed E-state index contributed by atoms with van der Waals surface area (Å²) >= 11 is 0. The molecule has 1 aliphatic rings. The number of fused-ring (bicyclic) bond motifs is 1. The Labute approximate surface area is 221 Å². The fourth-order valence-corrected chi connectivity index (χ4v) is 6.02. The molecule has 2 heterocycles. The third kappa shape index (κ3) is 11.0. The van der Waals surface area contributed by atoms with Crippen LogP contribution < -0.4 is 0 Å². The van der Waals surface area contributed by atoms with Crippen LogP contribution in [0.25, 0.3) is 10.9 Å². The molecule has 0 aliphatic carbocycles. The Hall–Kier alpha value is -2.05. The van der Waals surface area contributed by atoms with E-state index in [0.29, 0.717) is 32.7 Å². The summed E-state index contributed by atoms with van der Waals surface area (Å²) < 4.78 is 23.5. The molecular formula is C23H37N5O8P2. The molecule has 0 saturated carbocycles. The average molecular weight is 574 g/mol. The monoisotopic (exact) mass is 573 g/mol. The number of benzene rings is 1. The van der Waals surface area contributed by atoms with Crippen LogP contribution in [0.3, 0.4) is 0 Å². The Balaban J connectivity index is 1.83. The van der Waals surface area contributed by atoms with E-state index in [1.807, 2.05) is 31.2 Å². The van der Waals surface area contributed by atoms with E-state index in [1.165, 1.54) is 0 Å². The second-order valence-corrected chi connectivity index (χ2v) is 12.9. The molecular weight excluding hydrogens is 536 g/mol. The van der Waals surface area contributed by atoms with Gasteiger partial charge in [0, 0.05) is 64.3 Å². The zero-order valence-electron chi connectivity index (χ0n) is 21.4. The number of aliphatic hydroxyl groups is 2. The summed E-state index contributed by atoms with van der Waals surface area (Å²) in [6.07, 6.45) is 0.207. The number of aromatic nitrogens is 1. The van der Waals surface area contributed by atoms with Crippen LogP contribution in [-0.2, 0) is 15.7 Å². The van der Waals surface area contributed by atoms with Crippen LogP contribution in [0, 0.1) is 6.92 Å². The van der Waals surface area contributed by atoms with Crippen molar-refractivity contribution in [3.05, 3.63) is 53.7 Å². The fourth-order valence-electron chi connectivity index (χ4n) is 4.41. The van der Waals surface area contributed by atoms with Gasteiger partial charge in [0.1, 0.15) is 12.6 Å². The third-order valence-corrected chi connectivity index (χ3v) is 7.76.